The van der Waals surface area contributed by atoms with Crippen molar-refractivity contribution in [1.29, 1.82) is 0 Å². The van der Waals surface area contributed by atoms with Crippen LogP contribution in [0.15, 0.2) is 36.4 Å². The Morgan fingerprint density at radius 1 is 1.12 bits per heavy atom. The number of halogens is 1. The van der Waals surface area contributed by atoms with Gasteiger partial charge in [0.2, 0.25) is 0 Å². The molecule has 0 aliphatic carbocycles. The van der Waals surface area contributed by atoms with Crippen LogP contribution in [-0.2, 0) is 4.79 Å². The van der Waals surface area contributed by atoms with Gasteiger partial charge in [0.05, 0.1) is 4.92 Å². The number of hydrogen-bond acceptors (Lipinski definition) is 5. The Hall–Kier alpha value is -3.13. The molecule has 0 atom stereocenters. The van der Waals surface area contributed by atoms with Gasteiger partial charge >= 0.3 is 0 Å². The second-order valence-electron chi connectivity index (χ2n) is 5.54. The van der Waals surface area contributed by atoms with Crippen LogP contribution in [0.3, 0.4) is 0 Å². The molecule has 2 rings (SSSR count). The van der Waals surface area contributed by atoms with E-state index >= 15 is 0 Å². The number of carbonyl (C=O) groups is 2. The molecule has 0 fully saturated rings. The lowest BCUT2D eigenvalue weighted by atomic mass is 10.1. The summed E-state index contributed by atoms with van der Waals surface area (Å²) < 4.78 is 5.36. The summed E-state index contributed by atoms with van der Waals surface area (Å²) in [4.78, 5) is 33.9. The van der Waals surface area contributed by atoms with Crippen molar-refractivity contribution in [2.45, 2.75) is 13.8 Å². The molecule has 0 bridgehead atoms. The molecule has 0 spiro atoms. The molecule has 0 aliphatic rings. The number of nitrogens with one attached hydrogen (secondary N) is 2. The molecule has 0 saturated heterocycles. The molecular weight excluding hydrogens is 362 g/mol. The van der Waals surface area contributed by atoms with Gasteiger partial charge in [-0.05, 0) is 49.2 Å². The summed E-state index contributed by atoms with van der Waals surface area (Å²) in [5.41, 5.74) is 5.92. The van der Waals surface area contributed by atoms with Crippen molar-refractivity contribution in [1.82, 2.24) is 10.9 Å². The summed E-state index contributed by atoms with van der Waals surface area (Å²) in [5, 5.41) is 10.7. The van der Waals surface area contributed by atoms with Crippen molar-refractivity contribution < 1.29 is 19.2 Å². The van der Waals surface area contributed by atoms with E-state index in [-0.39, 0.29) is 17.2 Å². The lowest BCUT2D eigenvalue weighted by Gasteiger charge is -2.10. The first-order valence-corrected chi connectivity index (χ1v) is 7.88. The van der Waals surface area contributed by atoms with Gasteiger partial charge in [0.1, 0.15) is 10.8 Å². The predicted molar refractivity (Wildman–Crippen MR) is 95.1 cm³/mol. The van der Waals surface area contributed by atoms with E-state index in [4.69, 9.17) is 16.3 Å². The van der Waals surface area contributed by atoms with E-state index in [9.17, 15) is 19.7 Å². The first kappa shape index (κ1) is 19.2. The van der Waals surface area contributed by atoms with Crippen LogP contribution in [0.4, 0.5) is 5.69 Å². The summed E-state index contributed by atoms with van der Waals surface area (Å²) in [6.45, 7) is 3.51. The largest absolute Gasteiger partial charge is 0.484 e. The number of hydrazine groups is 1. The Morgan fingerprint density at radius 2 is 1.77 bits per heavy atom. The predicted octanol–water partition coefficient (Wildman–Crippen LogP) is 2.71. The number of benzene rings is 2. The van der Waals surface area contributed by atoms with E-state index in [0.29, 0.717) is 5.75 Å². The smallest absolute Gasteiger partial charge is 0.288 e. The second kappa shape index (κ2) is 8.30. The molecule has 2 aromatic rings. The van der Waals surface area contributed by atoms with E-state index in [1.807, 2.05) is 19.9 Å². The number of aryl methyl sites for hydroxylation is 2. The fourth-order valence-electron chi connectivity index (χ4n) is 2.19. The highest BCUT2D eigenvalue weighted by molar-refractivity contribution is 6.32. The third-order valence-corrected chi connectivity index (χ3v) is 3.61. The van der Waals surface area contributed by atoms with Crippen molar-refractivity contribution in [2.24, 2.45) is 0 Å². The molecule has 0 unspecified atom stereocenters. The topological polar surface area (TPSA) is 111 Å². The van der Waals surface area contributed by atoms with Crippen LogP contribution in [0.5, 0.6) is 5.75 Å². The van der Waals surface area contributed by atoms with Crippen LogP contribution < -0.4 is 15.6 Å². The zero-order valence-electron chi connectivity index (χ0n) is 14.0. The van der Waals surface area contributed by atoms with Crippen LogP contribution in [0.25, 0.3) is 0 Å². The Bertz CT molecular complexity index is 849. The van der Waals surface area contributed by atoms with Crippen LogP contribution in [0, 0.1) is 24.0 Å². The van der Waals surface area contributed by atoms with E-state index in [2.05, 4.69) is 10.9 Å². The molecule has 0 aromatic heterocycles. The van der Waals surface area contributed by atoms with E-state index in [1.165, 1.54) is 12.1 Å². The molecule has 0 aliphatic heterocycles. The maximum absolute atomic E-state index is 12.0. The van der Waals surface area contributed by atoms with Gasteiger partial charge in [-0.15, -0.1) is 0 Å². The first-order chi connectivity index (χ1) is 12.3. The minimum absolute atomic E-state index is 0.0170. The van der Waals surface area contributed by atoms with E-state index in [0.717, 1.165) is 17.2 Å². The molecule has 2 N–H and O–H groups in total. The number of ether oxygens (including phenoxy) is 1. The van der Waals surface area contributed by atoms with Crippen molar-refractivity contribution in [3.8, 4) is 5.75 Å². The number of rotatable bonds is 5. The molecule has 8 nitrogen and oxygen atoms in total. The number of carbonyl (C=O) groups excluding carboxylic acids is 2. The lowest BCUT2D eigenvalue weighted by molar-refractivity contribution is -0.384. The fraction of sp³-hybridized carbons (Fsp3) is 0.176. The average molecular weight is 378 g/mol. The molecule has 9 heteroatoms. The van der Waals surface area contributed by atoms with Gasteiger partial charge in [0.25, 0.3) is 17.5 Å². The minimum atomic E-state index is -0.718. The average Bonchev–Trinajstić information content (AvgIpc) is 2.57. The quantitative estimate of drug-likeness (QED) is 0.614. The standard InChI is InChI=1S/C17H16ClN3O5/c1-10-5-11(2)7-13(6-10)26-9-16(22)19-20-17(23)12-3-4-14(18)15(8-12)21(24)25/h3-8H,9H2,1-2H3,(H,19,22)(H,20,23). The van der Waals surface area contributed by atoms with Crippen molar-refractivity contribution in [3.63, 3.8) is 0 Å². The van der Waals surface area contributed by atoms with Crippen LogP contribution in [-0.4, -0.2) is 23.3 Å². The third-order valence-electron chi connectivity index (χ3n) is 3.29. The highest BCUT2D eigenvalue weighted by atomic mass is 35.5. The molecule has 0 heterocycles. The van der Waals surface area contributed by atoms with Crippen molar-refractivity contribution >= 4 is 29.1 Å². The van der Waals surface area contributed by atoms with Gasteiger partial charge in [-0.1, -0.05) is 17.7 Å². The summed E-state index contributed by atoms with van der Waals surface area (Å²) in [6, 6.07) is 9.11. The monoisotopic (exact) mass is 377 g/mol. The normalized spacial score (nSPS) is 10.1. The summed E-state index contributed by atoms with van der Waals surface area (Å²) in [7, 11) is 0. The molecule has 0 saturated carbocycles. The zero-order chi connectivity index (χ0) is 19.3. The first-order valence-electron chi connectivity index (χ1n) is 7.50. The number of nitro benzene ring substituents is 1. The van der Waals surface area contributed by atoms with Gasteiger partial charge in [-0.3, -0.25) is 30.6 Å². The van der Waals surface area contributed by atoms with Gasteiger partial charge in [0.15, 0.2) is 6.61 Å². The van der Waals surface area contributed by atoms with Gasteiger partial charge in [-0.2, -0.15) is 0 Å². The highest BCUT2D eigenvalue weighted by Crippen LogP contribution is 2.24. The van der Waals surface area contributed by atoms with Crippen LogP contribution in [0.1, 0.15) is 21.5 Å². The number of amides is 2. The molecule has 26 heavy (non-hydrogen) atoms. The van der Waals surface area contributed by atoms with E-state index < -0.39 is 22.4 Å². The SMILES string of the molecule is Cc1cc(C)cc(OCC(=O)NNC(=O)c2ccc(Cl)c([N+](=O)[O-])c2)c1. The number of nitro groups is 1. The van der Waals surface area contributed by atoms with Crippen LogP contribution >= 0.6 is 11.6 Å². The summed E-state index contributed by atoms with van der Waals surface area (Å²) in [6.07, 6.45) is 0. The van der Waals surface area contributed by atoms with Crippen molar-refractivity contribution in [2.75, 3.05) is 6.61 Å². The van der Waals surface area contributed by atoms with E-state index in [1.54, 1.807) is 12.1 Å². The minimum Gasteiger partial charge on any atom is -0.484 e. The molecule has 136 valence electrons. The highest BCUT2D eigenvalue weighted by Gasteiger charge is 2.16. The molecular formula is C17H16ClN3O5. The van der Waals surface area contributed by atoms with Gasteiger partial charge in [-0.25, -0.2) is 0 Å². The van der Waals surface area contributed by atoms with Gasteiger partial charge in [0, 0.05) is 11.6 Å². The fourth-order valence-corrected chi connectivity index (χ4v) is 2.38. The Labute approximate surface area is 154 Å². The lowest BCUT2D eigenvalue weighted by Crippen LogP contribution is -2.43. The molecule has 2 amide bonds. The van der Waals surface area contributed by atoms with Gasteiger partial charge < -0.3 is 4.74 Å². The Kier molecular flexibility index (Phi) is 6.13. The summed E-state index contributed by atoms with van der Waals surface area (Å²) in [5.74, 6) is -0.761. The van der Waals surface area contributed by atoms with Crippen LogP contribution in [0.2, 0.25) is 5.02 Å². The summed E-state index contributed by atoms with van der Waals surface area (Å²) >= 11 is 5.69. The molecule has 2 aromatic carbocycles. The zero-order valence-corrected chi connectivity index (χ0v) is 14.8. The number of nitrogens with zero attached hydrogens (tertiary/aromatic N) is 1. The Morgan fingerprint density at radius 3 is 2.38 bits per heavy atom. The molecule has 0 radical (unpaired) electrons. The second-order valence-corrected chi connectivity index (χ2v) is 5.94. The Balaban J connectivity index is 1.89. The third kappa shape index (κ3) is 5.18. The van der Waals surface area contributed by atoms with Crippen molar-refractivity contribution in [3.05, 3.63) is 68.2 Å². The number of hydrogen-bond donors (Lipinski definition) is 2. The maximum atomic E-state index is 12.0. The maximum Gasteiger partial charge on any atom is 0.288 e.